The number of hydrogen-bond acceptors (Lipinski definition) is 12. The second kappa shape index (κ2) is 19.0. The molecular weight excluding hydrogens is 652 g/mol. The topological polar surface area (TPSA) is 157 Å². The number of amides is 2. The summed E-state index contributed by atoms with van der Waals surface area (Å²) in [4.78, 5) is 59.7. The number of hydrogen-bond donors (Lipinski definition) is 2. The number of isocyanates is 2. The standard InChI is InChI=1S/C35H44N4O9S/c1-45-30-16-26(34(43)38-12-8-10-24(38)20-40)28(36-22-41)18-32(30)47-14-6-4-3-5-7-15-48-33-19-29(37-23-42)27(17-31(33)46-2)35(44)39-13-9-11-25(39)21-49/h16-19,24-25,40,49H,3-15,20-21H2,1-2H3/t24-,25-/m0/s1. The second-order valence-electron chi connectivity index (χ2n) is 11.9. The van der Waals surface area contributed by atoms with E-state index in [1.54, 1.807) is 21.9 Å². The number of benzene rings is 2. The van der Waals surface area contributed by atoms with Gasteiger partial charge in [0.25, 0.3) is 11.8 Å². The molecule has 14 heteroatoms. The van der Waals surface area contributed by atoms with Gasteiger partial charge in [-0.3, -0.25) is 9.59 Å². The number of aliphatic imine (C=N–C) groups is 2. The van der Waals surface area contributed by atoms with Crippen LogP contribution in [0.1, 0.15) is 78.5 Å². The largest absolute Gasteiger partial charge is 0.493 e. The van der Waals surface area contributed by atoms with Gasteiger partial charge in [-0.1, -0.05) is 19.3 Å². The molecule has 2 aromatic carbocycles. The van der Waals surface area contributed by atoms with Crippen LogP contribution in [0.5, 0.6) is 23.0 Å². The lowest BCUT2D eigenvalue weighted by molar-refractivity contribution is 0.0677. The summed E-state index contributed by atoms with van der Waals surface area (Å²) in [6, 6.07) is 5.88. The lowest BCUT2D eigenvalue weighted by atomic mass is 10.1. The molecule has 0 unspecified atom stereocenters. The van der Waals surface area contributed by atoms with Gasteiger partial charge in [-0.15, -0.1) is 0 Å². The van der Waals surface area contributed by atoms with E-state index in [9.17, 15) is 24.3 Å². The zero-order valence-electron chi connectivity index (χ0n) is 28.0. The first-order valence-corrected chi connectivity index (χ1v) is 17.2. The van der Waals surface area contributed by atoms with Crippen LogP contribution in [0.2, 0.25) is 0 Å². The van der Waals surface area contributed by atoms with Crippen molar-refractivity contribution in [3.63, 3.8) is 0 Å². The van der Waals surface area contributed by atoms with Gasteiger partial charge in [0.05, 0.1) is 62.6 Å². The third-order valence-corrected chi connectivity index (χ3v) is 9.28. The van der Waals surface area contributed by atoms with Crippen molar-refractivity contribution in [2.24, 2.45) is 9.98 Å². The number of aliphatic hydroxyl groups excluding tert-OH is 1. The summed E-state index contributed by atoms with van der Waals surface area (Å²) >= 11 is 4.38. The lowest BCUT2D eigenvalue weighted by Crippen LogP contribution is -2.37. The maximum Gasteiger partial charge on any atom is 0.256 e. The van der Waals surface area contributed by atoms with Gasteiger partial charge in [0.1, 0.15) is 0 Å². The van der Waals surface area contributed by atoms with Gasteiger partial charge in [-0.2, -0.15) is 22.6 Å². The molecule has 0 aliphatic carbocycles. The Balaban J connectivity index is 1.25. The van der Waals surface area contributed by atoms with Crippen LogP contribution < -0.4 is 18.9 Å². The number of methoxy groups -OCH3 is 2. The average Bonchev–Trinajstić information content (AvgIpc) is 3.81. The molecule has 4 rings (SSSR count). The molecule has 2 fully saturated rings. The number of rotatable bonds is 18. The molecular formula is C35H44N4O9S. The molecule has 2 atom stereocenters. The SMILES string of the molecule is COc1cc(C(=O)N2CCC[C@H]2CO)c(N=C=O)cc1OCCCCCCCOc1cc(N=C=O)c(C(=O)N2CCC[C@H]2CS)cc1OC. The molecule has 2 aliphatic rings. The number of ether oxygens (including phenoxy) is 4. The highest BCUT2D eigenvalue weighted by atomic mass is 32.1. The van der Waals surface area contributed by atoms with Crippen LogP contribution in [0.25, 0.3) is 0 Å². The third kappa shape index (κ3) is 9.42. The van der Waals surface area contributed by atoms with Gasteiger partial charge in [-0.05, 0) is 50.7 Å². The van der Waals surface area contributed by atoms with Crippen LogP contribution in [-0.2, 0) is 9.59 Å². The van der Waals surface area contributed by atoms with Crippen molar-refractivity contribution in [1.82, 2.24) is 9.80 Å². The molecule has 2 amide bonds. The highest BCUT2D eigenvalue weighted by Crippen LogP contribution is 2.38. The Labute approximate surface area is 291 Å². The number of likely N-dealkylation sites (tertiary alicyclic amines) is 2. The van der Waals surface area contributed by atoms with Gasteiger partial charge in [-0.25, -0.2) is 9.59 Å². The van der Waals surface area contributed by atoms with Crippen LogP contribution in [0, 0.1) is 0 Å². The molecule has 2 aromatic rings. The Hall–Kier alpha value is -4.35. The van der Waals surface area contributed by atoms with E-state index in [1.807, 2.05) is 0 Å². The fourth-order valence-corrected chi connectivity index (χ4v) is 6.64. The summed E-state index contributed by atoms with van der Waals surface area (Å²) in [7, 11) is 2.97. The van der Waals surface area contributed by atoms with Crippen molar-refractivity contribution >= 4 is 48.0 Å². The van der Waals surface area contributed by atoms with E-state index in [1.165, 1.54) is 38.5 Å². The summed E-state index contributed by atoms with van der Waals surface area (Å²) in [6.45, 7) is 1.78. The van der Waals surface area contributed by atoms with Gasteiger partial charge in [0.15, 0.2) is 23.0 Å². The summed E-state index contributed by atoms with van der Waals surface area (Å²) < 4.78 is 22.9. The molecule has 1 N–H and O–H groups in total. The molecule has 0 radical (unpaired) electrons. The van der Waals surface area contributed by atoms with Gasteiger partial charge in [0.2, 0.25) is 12.2 Å². The minimum Gasteiger partial charge on any atom is -0.493 e. The normalized spacial score (nSPS) is 16.9. The first-order chi connectivity index (χ1) is 23.9. The van der Waals surface area contributed by atoms with Crippen LogP contribution in [0.3, 0.4) is 0 Å². The predicted molar refractivity (Wildman–Crippen MR) is 185 cm³/mol. The zero-order valence-corrected chi connectivity index (χ0v) is 28.9. The van der Waals surface area contributed by atoms with Crippen molar-refractivity contribution < 1.29 is 43.2 Å². The molecule has 2 aliphatic heterocycles. The summed E-state index contributed by atoms with van der Waals surface area (Å²) in [5.41, 5.74) is 0.771. The molecule has 0 bridgehead atoms. The monoisotopic (exact) mass is 696 g/mol. The van der Waals surface area contributed by atoms with Crippen LogP contribution in [0.15, 0.2) is 34.3 Å². The number of carbonyl (C=O) groups is 2. The van der Waals surface area contributed by atoms with E-state index in [2.05, 4.69) is 22.6 Å². The summed E-state index contributed by atoms with van der Waals surface area (Å²) in [5.74, 6) is 1.48. The Bertz CT molecular complexity index is 1440. The molecule has 264 valence electrons. The number of carbonyl (C=O) groups excluding carboxylic acids is 4. The maximum atomic E-state index is 13.3. The lowest BCUT2D eigenvalue weighted by Gasteiger charge is -2.24. The highest BCUT2D eigenvalue weighted by molar-refractivity contribution is 7.80. The van der Waals surface area contributed by atoms with Crippen molar-refractivity contribution in [2.75, 3.05) is 52.9 Å². The van der Waals surface area contributed by atoms with E-state index in [-0.39, 0.29) is 53.0 Å². The fraction of sp³-hybridized carbons (Fsp3) is 0.543. The van der Waals surface area contributed by atoms with Crippen LogP contribution >= 0.6 is 12.6 Å². The average molecular weight is 697 g/mol. The molecule has 2 saturated heterocycles. The van der Waals surface area contributed by atoms with Crippen molar-refractivity contribution in [3.8, 4) is 23.0 Å². The molecule has 0 saturated carbocycles. The summed E-state index contributed by atoms with van der Waals surface area (Å²) in [6.07, 6.45) is 10.5. The van der Waals surface area contributed by atoms with E-state index in [0.717, 1.165) is 51.4 Å². The van der Waals surface area contributed by atoms with Gasteiger partial charge in [0, 0.05) is 37.0 Å². The number of nitrogens with zero attached hydrogens (tertiary/aromatic N) is 4. The smallest absolute Gasteiger partial charge is 0.256 e. The molecule has 0 aromatic heterocycles. The van der Waals surface area contributed by atoms with Gasteiger partial charge < -0.3 is 33.9 Å². The third-order valence-electron chi connectivity index (χ3n) is 8.86. The molecule has 49 heavy (non-hydrogen) atoms. The van der Waals surface area contributed by atoms with E-state index in [0.29, 0.717) is 61.5 Å². The van der Waals surface area contributed by atoms with E-state index < -0.39 is 0 Å². The molecule has 13 nitrogen and oxygen atoms in total. The highest BCUT2D eigenvalue weighted by Gasteiger charge is 2.32. The number of thiol groups is 1. The first-order valence-electron chi connectivity index (χ1n) is 16.6. The Kier molecular flexibility index (Phi) is 14.5. The molecule has 2 heterocycles. The summed E-state index contributed by atoms with van der Waals surface area (Å²) in [5, 5.41) is 9.65. The molecule has 0 spiro atoms. The first kappa shape index (κ1) is 37.5. The van der Waals surface area contributed by atoms with Crippen LogP contribution in [0.4, 0.5) is 11.4 Å². The Morgan fingerprint density at radius 3 is 1.63 bits per heavy atom. The quantitative estimate of drug-likeness (QED) is 0.0928. The minimum atomic E-state index is -0.333. The zero-order chi connectivity index (χ0) is 35.2. The minimum absolute atomic E-state index is 0.0288. The number of aliphatic hydroxyl groups is 1. The van der Waals surface area contributed by atoms with Gasteiger partial charge >= 0.3 is 0 Å². The Morgan fingerprint density at radius 2 is 1.20 bits per heavy atom. The number of unbranched alkanes of at least 4 members (excludes halogenated alkanes) is 4. The van der Waals surface area contributed by atoms with E-state index >= 15 is 0 Å². The Morgan fingerprint density at radius 1 is 0.755 bits per heavy atom. The fourth-order valence-electron chi connectivity index (χ4n) is 6.26. The second-order valence-corrected chi connectivity index (χ2v) is 12.2. The van der Waals surface area contributed by atoms with Crippen molar-refractivity contribution in [1.29, 1.82) is 0 Å². The van der Waals surface area contributed by atoms with Crippen molar-refractivity contribution in [3.05, 3.63) is 35.4 Å². The van der Waals surface area contributed by atoms with E-state index in [4.69, 9.17) is 18.9 Å². The van der Waals surface area contributed by atoms with Crippen molar-refractivity contribution in [2.45, 2.75) is 69.9 Å². The maximum absolute atomic E-state index is 13.3. The van der Waals surface area contributed by atoms with Crippen LogP contribution in [-0.4, -0.2) is 104 Å². The predicted octanol–water partition coefficient (Wildman–Crippen LogP) is 5.18.